The van der Waals surface area contributed by atoms with Gasteiger partial charge in [0.05, 0.1) is 11.7 Å². The van der Waals surface area contributed by atoms with Gasteiger partial charge in [-0.05, 0) is 44.0 Å². The average Bonchev–Trinajstić information content (AvgIpc) is 3.16. The summed E-state index contributed by atoms with van der Waals surface area (Å²) < 4.78 is 0. The number of H-pyrrole nitrogens is 1. The van der Waals surface area contributed by atoms with Crippen molar-refractivity contribution in [1.82, 2.24) is 15.3 Å². The number of aryl methyl sites for hydroxylation is 2. The maximum Gasteiger partial charge on any atom is 0.229 e. The van der Waals surface area contributed by atoms with Crippen LogP contribution in [0, 0.1) is 12.8 Å². The van der Waals surface area contributed by atoms with Gasteiger partial charge < -0.3 is 15.2 Å². The molecule has 2 aliphatic rings. The van der Waals surface area contributed by atoms with Gasteiger partial charge in [0.1, 0.15) is 5.82 Å². The molecule has 0 unspecified atom stereocenters. The fourth-order valence-corrected chi connectivity index (χ4v) is 3.97. The van der Waals surface area contributed by atoms with Crippen LogP contribution in [0.3, 0.4) is 0 Å². The van der Waals surface area contributed by atoms with Gasteiger partial charge in [-0.1, -0.05) is 11.6 Å². The molecule has 0 spiro atoms. The van der Waals surface area contributed by atoms with Gasteiger partial charge in [-0.25, -0.2) is 4.98 Å². The number of nitrogens with one attached hydrogen (secondary N) is 2. The number of benzene rings is 1. The highest BCUT2D eigenvalue weighted by Gasteiger charge is 2.34. The summed E-state index contributed by atoms with van der Waals surface area (Å²) in [7, 11) is 0. The summed E-state index contributed by atoms with van der Waals surface area (Å²) >= 11 is 5.91. The first-order valence-electron chi connectivity index (χ1n) is 8.90. The number of aromatic nitrogens is 2. The Kier molecular flexibility index (Phi) is 4.44. The van der Waals surface area contributed by atoms with E-state index in [1.165, 1.54) is 0 Å². The molecule has 1 aromatic carbocycles. The summed E-state index contributed by atoms with van der Waals surface area (Å²) in [6.07, 6.45) is 2.63. The number of amides is 2. The van der Waals surface area contributed by atoms with Crippen molar-refractivity contribution in [3.63, 3.8) is 0 Å². The molecule has 1 aliphatic heterocycles. The first-order chi connectivity index (χ1) is 12.5. The number of hydrogen-bond acceptors (Lipinski definition) is 3. The van der Waals surface area contributed by atoms with Crippen LogP contribution in [0.15, 0.2) is 24.3 Å². The van der Waals surface area contributed by atoms with E-state index in [1.54, 1.807) is 17.0 Å². The predicted molar refractivity (Wildman–Crippen MR) is 99.2 cm³/mol. The van der Waals surface area contributed by atoms with Crippen molar-refractivity contribution >= 4 is 29.1 Å². The van der Waals surface area contributed by atoms with Gasteiger partial charge in [-0.2, -0.15) is 0 Å². The molecule has 2 N–H and O–H groups in total. The number of aromatic amines is 1. The minimum absolute atomic E-state index is 0.0211. The first-order valence-corrected chi connectivity index (χ1v) is 9.28. The molecule has 4 rings (SSSR count). The molecule has 1 aromatic heterocycles. The van der Waals surface area contributed by atoms with Crippen molar-refractivity contribution in [2.75, 3.05) is 11.4 Å². The van der Waals surface area contributed by atoms with Crippen LogP contribution in [0.25, 0.3) is 0 Å². The van der Waals surface area contributed by atoms with E-state index in [0.29, 0.717) is 24.4 Å². The lowest BCUT2D eigenvalue weighted by Gasteiger charge is -2.23. The van der Waals surface area contributed by atoms with Crippen LogP contribution in [0.1, 0.15) is 30.1 Å². The topological polar surface area (TPSA) is 78.1 Å². The zero-order valence-corrected chi connectivity index (χ0v) is 15.3. The van der Waals surface area contributed by atoms with E-state index in [2.05, 4.69) is 15.3 Å². The number of imidazole rings is 1. The third kappa shape index (κ3) is 3.33. The van der Waals surface area contributed by atoms with E-state index in [-0.39, 0.29) is 23.8 Å². The zero-order chi connectivity index (χ0) is 18.3. The lowest BCUT2D eigenvalue weighted by atomic mass is 9.89. The van der Waals surface area contributed by atoms with Gasteiger partial charge in [0.15, 0.2) is 0 Å². The summed E-state index contributed by atoms with van der Waals surface area (Å²) in [6.45, 7) is 2.43. The Morgan fingerprint density at radius 1 is 1.31 bits per heavy atom. The van der Waals surface area contributed by atoms with Crippen LogP contribution in [0.5, 0.6) is 0 Å². The normalized spacial score (nSPS) is 22.4. The van der Waals surface area contributed by atoms with E-state index >= 15 is 0 Å². The van der Waals surface area contributed by atoms with Gasteiger partial charge in [-0.15, -0.1) is 0 Å². The Morgan fingerprint density at radius 2 is 2.08 bits per heavy atom. The lowest BCUT2D eigenvalue weighted by molar-refractivity contribution is -0.126. The number of fused-ring (bicyclic) bond motifs is 1. The standard InChI is InChI=1S/C19H21ClN4O2/c1-11-21-16-7-2-12(8-17(16)22-11)19(26)23-14-9-18(25)24(10-14)15-5-3-13(20)4-6-15/h3-6,12,14H,2,7-10H2,1H3,(H,21,22)(H,23,26)/t12-,14+/m0/s1. The highest BCUT2D eigenvalue weighted by molar-refractivity contribution is 6.30. The van der Waals surface area contributed by atoms with Crippen LogP contribution < -0.4 is 10.2 Å². The number of rotatable bonds is 3. The van der Waals surface area contributed by atoms with E-state index in [4.69, 9.17) is 11.6 Å². The monoisotopic (exact) mass is 372 g/mol. The first kappa shape index (κ1) is 17.1. The van der Waals surface area contributed by atoms with E-state index < -0.39 is 0 Å². The number of halogens is 1. The molecule has 0 radical (unpaired) electrons. The van der Waals surface area contributed by atoms with Crippen molar-refractivity contribution in [1.29, 1.82) is 0 Å². The molecular weight excluding hydrogens is 352 g/mol. The fraction of sp³-hybridized carbons (Fsp3) is 0.421. The molecule has 0 bridgehead atoms. The number of anilines is 1. The van der Waals surface area contributed by atoms with E-state index in [1.807, 2.05) is 19.1 Å². The third-order valence-electron chi connectivity index (χ3n) is 5.14. The Bertz CT molecular complexity index is 846. The molecule has 1 fully saturated rings. The van der Waals surface area contributed by atoms with Crippen LogP contribution in [0.2, 0.25) is 5.02 Å². The van der Waals surface area contributed by atoms with Gasteiger partial charge in [0.2, 0.25) is 11.8 Å². The molecular formula is C19H21ClN4O2. The Hall–Kier alpha value is -2.34. The summed E-state index contributed by atoms with van der Waals surface area (Å²) in [4.78, 5) is 34.4. The number of carbonyl (C=O) groups is 2. The minimum atomic E-state index is -0.157. The van der Waals surface area contributed by atoms with Gasteiger partial charge in [-0.3, -0.25) is 9.59 Å². The smallest absolute Gasteiger partial charge is 0.229 e. The molecule has 6 nitrogen and oxygen atoms in total. The molecule has 1 aliphatic carbocycles. The van der Waals surface area contributed by atoms with Crippen LogP contribution >= 0.6 is 11.6 Å². The third-order valence-corrected chi connectivity index (χ3v) is 5.40. The summed E-state index contributed by atoms with van der Waals surface area (Å²) in [6, 6.07) is 7.03. The SMILES string of the molecule is Cc1nc2c([nH]1)C[C@@H](C(=O)N[C@@H]1CC(=O)N(c3ccc(Cl)cc3)C1)CC2. The van der Waals surface area contributed by atoms with Gasteiger partial charge in [0, 0.05) is 41.7 Å². The minimum Gasteiger partial charge on any atom is -0.351 e. The second kappa shape index (κ2) is 6.76. The Morgan fingerprint density at radius 3 is 2.85 bits per heavy atom. The molecule has 7 heteroatoms. The van der Waals surface area contributed by atoms with Crippen LogP contribution in [0.4, 0.5) is 5.69 Å². The maximum atomic E-state index is 12.7. The average molecular weight is 373 g/mol. The summed E-state index contributed by atoms with van der Waals surface area (Å²) in [5.41, 5.74) is 2.96. The molecule has 1 saturated heterocycles. The number of hydrogen-bond donors (Lipinski definition) is 2. The molecule has 0 saturated carbocycles. The molecule has 26 heavy (non-hydrogen) atoms. The van der Waals surface area contributed by atoms with Crippen molar-refractivity contribution < 1.29 is 9.59 Å². The number of nitrogens with zero attached hydrogens (tertiary/aromatic N) is 2. The Balaban J connectivity index is 1.38. The second-order valence-corrected chi connectivity index (χ2v) is 7.51. The molecule has 2 heterocycles. The zero-order valence-electron chi connectivity index (χ0n) is 14.6. The molecule has 2 atom stereocenters. The van der Waals surface area contributed by atoms with E-state index in [0.717, 1.165) is 35.7 Å². The molecule has 2 amide bonds. The molecule has 2 aromatic rings. The van der Waals surface area contributed by atoms with Crippen molar-refractivity contribution in [3.8, 4) is 0 Å². The van der Waals surface area contributed by atoms with Crippen molar-refractivity contribution in [3.05, 3.63) is 46.5 Å². The predicted octanol–water partition coefficient (Wildman–Crippen LogP) is 2.40. The van der Waals surface area contributed by atoms with Crippen LogP contribution in [-0.2, 0) is 22.4 Å². The fourth-order valence-electron chi connectivity index (χ4n) is 3.84. The number of carbonyl (C=O) groups excluding carboxylic acids is 2. The van der Waals surface area contributed by atoms with Gasteiger partial charge >= 0.3 is 0 Å². The Labute approximate surface area is 156 Å². The highest BCUT2D eigenvalue weighted by Crippen LogP contribution is 2.26. The molecule has 136 valence electrons. The van der Waals surface area contributed by atoms with Crippen molar-refractivity contribution in [2.24, 2.45) is 5.92 Å². The quantitative estimate of drug-likeness (QED) is 0.868. The highest BCUT2D eigenvalue weighted by atomic mass is 35.5. The summed E-state index contributed by atoms with van der Waals surface area (Å²) in [5, 5.41) is 3.70. The van der Waals surface area contributed by atoms with Gasteiger partial charge in [0.25, 0.3) is 0 Å². The van der Waals surface area contributed by atoms with E-state index in [9.17, 15) is 9.59 Å². The largest absolute Gasteiger partial charge is 0.351 e. The maximum absolute atomic E-state index is 12.7. The lowest BCUT2D eigenvalue weighted by Crippen LogP contribution is -2.42. The van der Waals surface area contributed by atoms with Crippen molar-refractivity contribution in [2.45, 2.75) is 38.6 Å². The summed E-state index contributed by atoms with van der Waals surface area (Å²) in [5.74, 6) is 0.879. The second-order valence-electron chi connectivity index (χ2n) is 7.08. The van der Waals surface area contributed by atoms with Crippen LogP contribution in [-0.4, -0.2) is 34.4 Å².